The number of alkyl halides is 3. The van der Waals surface area contributed by atoms with E-state index in [0.29, 0.717) is 17.7 Å². The van der Waals surface area contributed by atoms with Crippen molar-refractivity contribution in [2.24, 2.45) is 0 Å². The van der Waals surface area contributed by atoms with Crippen LogP contribution >= 0.6 is 47.8 Å². The van der Waals surface area contributed by atoms with E-state index >= 15 is 0 Å². The zero-order valence-corrected chi connectivity index (χ0v) is 16.2. The van der Waals surface area contributed by atoms with Gasteiger partial charge in [0.1, 0.15) is 0 Å². The lowest BCUT2D eigenvalue weighted by Gasteiger charge is -2.11. The van der Waals surface area contributed by atoms with E-state index in [1.165, 1.54) is 0 Å². The first-order valence-corrected chi connectivity index (χ1v) is 8.69. The van der Waals surface area contributed by atoms with Crippen LogP contribution in [0, 0.1) is 0 Å². The van der Waals surface area contributed by atoms with Crippen LogP contribution < -0.4 is 5.73 Å². The molecule has 0 atom stereocenters. The molecule has 0 aliphatic carbocycles. The maximum absolute atomic E-state index is 12.7. The van der Waals surface area contributed by atoms with Crippen LogP contribution in [0.25, 0.3) is 11.3 Å². The summed E-state index contributed by atoms with van der Waals surface area (Å²) in [5.74, 6) is 0. The Balaban J connectivity index is 2.36. The molecule has 2 nitrogen and oxygen atoms in total. The van der Waals surface area contributed by atoms with Crippen molar-refractivity contribution in [3.05, 3.63) is 55.5 Å². The molecule has 2 aromatic rings. The number of pyridine rings is 1. The number of rotatable bonds is 3. The molecule has 23 heavy (non-hydrogen) atoms. The zero-order chi connectivity index (χ0) is 17.2. The summed E-state index contributed by atoms with van der Waals surface area (Å²) >= 11 is 10.0. The maximum Gasteiger partial charge on any atom is 0.417 e. The first kappa shape index (κ1) is 18.5. The van der Waals surface area contributed by atoms with Gasteiger partial charge in [0.2, 0.25) is 0 Å². The number of nitrogens with two attached hydrogens (primary N) is 1. The normalized spacial score (nSPS) is 11.4. The molecule has 0 saturated carbocycles. The Morgan fingerprint density at radius 3 is 2.43 bits per heavy atom. The predicted octanol–water partition coefficient (Wildman–Crippen LogP) is 6.29. The van der Waals surface area contributed by atoms with Crippen LogP contribution in [-0.4, -0.2) is 4.98 Å². The molecule has 0 aliphatic heterocycles. The standard InChI is InChI=1S/C15H10Br3F3N2/c16-11-5-9(2-1-8(11)3-4-13(17)18)14-12(22)6-10(7-23-14)15(19,20)21/h1-2,4-7H,3,22H2. The summed E-state index contributed by atoms with van der Waals surface area (Å²) in [5.41, 5.74) is 6.86. The van der Waals surface area contributed by atoms with Gasteiger partial charge in [-0.3, -0.25) is 4.98 Å². The van der Waals surface area contributed by atoms with Gasteiger partial charge in [0.15, 0.2) is 0 Å². The molecule has 0 radical (unpaired) electrons. The van der Waals surface area contributed by atoms with E-state index in [1.807, 2.05) is 12.1 Å². The monoisotopic (exact) mass is 512 g/mol. The molecule has 2 rings (SSSR count). The third kappa shape index (κ3) is 4.81. The largest absolute Gasteiger partial charge is 0.417 e. The zero-order valence-electron chi connectivity index (χ0n) is 11.5. The fraction of sp³-hybridized carbons (Fsp3) is 0.133. The van der Waals surface area contributed by atoms with Crippen LogP contribution in [-0.2, 0) is 12.6 Å². The molecule has 0 unspecified atom stereocenters. The molecule has 1 aromatic carbocycles. The Morgan fingerprint density at radius 1 is 1.22 bits per heavy atom. The topological polar surface area (TPSA) is 38.9 Å². The Labute approximate surface area is 156 Å². The molecule has 0 spiro atoms. The van der Waals surface area contributed by atoms with E-state index in [2.05, 4.69) is 52.8 Å². The Bertz CT molecular complexity index is 754. The molecule has 0 aliphatic rings. The van der Waals surface area contributed by atoms with E-state index in [4.69, 9.17) is 5.73 Å². The van der Waals surface area contributed by atoms with Gasteiger partial charge in [-0.05, 0) is 56.0 Å². The van der Waals surface area contributed by atoms with Gasteiger partial charge in [0, 0.05) is 16.2 Å². The van der Waals surface area contributed by atoms with Crippen molar-refractivity contribution in [2.45, 2.75) is 12.6 Å². The highest BCUT2D eigenvalue weighted by Crippen LogP contribution is 2.34. The highest BCUT2D eigenvalue weighted by Gasteiger charge is 2.31. The average molecular weight is 515 g/mol. The van der Waals surface area contributed by atoms with Crippen molar-refractivity contribution in [3.63, 3.8) is 0 Å². The summed E-state index contributed by atoms with van der Waals surface area (Å²) in [6.45, 7) is 0. The molecule has 0 amide bonds. The molecule has 122 valence electrons. The highest BCUT2D eigenvalue weighted by atomic mass is 79.9. The summed E-state index contributed by atoms with van der Waals surface area (Å²) in [5, 5.41) is 0. The molecule has 0 bridgehead atoms. The van der Waals surface area contributed by atoms with Crippen LogP contribution in [0.1, 0.15) is 11.1 Å². The molecule has 8 heteroatoms. The third-order valence-corrected chi connectivity index (χ3v) is 4.43. The number of hydrogen-bond donors (Lipinski definition) is 1. The molecule has 0 fully saturated rings. The third-order valence-electron chi connectivity index (χ3n) is 3.05. The Morgan fingerprint density at radius 2 is 1.91 bits per heavy atom. The number of aromatic nitrogens is 1. The van der Waals surface area contributed by atoms with Crippen LogP contribution in [0.15, 0.2) is 44.4 Å². The Hall–Kier alpha value is -0.860. The first-order chi connectivity index (χ1) is 10.7. The maximum atomic E-state index is 12.7. The predicted molar refractivity (Wildman–Crippen MR) is 96.4 cm³/mol. The van der Waals surface area contributed by atoms with Crippen LogP contribution in [0.3, 0.4) is 0 Å². The number of allylic oxidation sites excluding steroid dienone is 1. The molecule has 1 aromatic heterocycles. The SMILES string of the molecule is Nc1cc(C(F)(F)F)cnc1-c1ccc(CC=C(Br)Br)c(Br)c1. The van der Waals surface area contributed by atoms with Crippen molar-refractivity contribution < 1.29 is 13.2 Å². The van der Waals surface area contributed by atoms with Gasteiger partial charge in [0.25, 0.3) is 0 Å². The minimum atomic E-state index is -4.46. The van der Waals surface area contributed by atoms with Crippen LogP contribution in [0.4, 0.5) is 18.9 Å². The van der Waals surface area contributed by atoms with Gasteiger partial charge in [-0.15, -0.1) is 0 Å². The van der Waals surface area contributed by atoms with Gasteiger partial charge < -0.3 is 5.73 Å². The average Bonchev–Trinajstić information content (AvgIpc) is 2.44. The molecule has 0 saturated heterocycles. The smallest absolute Gasteiger partial charge is 0.397 e. The van der Waals surface area contributed by atoms with Gasteiger partial charge in [0.05, 0.1) is 20.3 Å². The fourth-order valence-electron chi connectivity index (χ4n) is 1.93. The van der Waals surface area contributed by atoms with Gasteiger partial charge in [-0.25, -0.2) is 0 Å². The van der Waals surface area contributed by atoms with Gasteiger partial charge in [-0.1, -0.05) is 34.1 Å². The highest BCUT2D eigenvalue weighted by molar-refractivity contribution is 9.28. The summed E-state index contributed by atoms with van der Waals surface area (Å²) < 4.78 is 39.6. The number of benzene rings is 1. The number of nitrogens with zero attached hydrogens (tertiary/aromatic N) is 1. The number of hydrogen-bond acceptors (Lipinski definition) is 2. The number of anilines is 1. The molecular formula is C15H10Br3F3N2. The first-order valence-electron chi connectivity index (χ1n) is 6.31. The van der Waals surface area contributed by atoms with Crippen molar-refractivity contribution in [2.75, 3.05) is 5.73 Å². The number of nitrogen functional groups attached to an aromatic ring is 1. The lowest BCUT2D eigenvalue weighted by molar-refractivity contribution is -0.137. The molecule has 2 N–H and O–H groups in total. The lowest BCUT2D eigenvalue weighted by Crippen LogP contribution is -2.07. The van der Waals surface area contributed by atoms with E-state index < -0.39 is 11.7 Å². The second-order valence-corrected chi connectivity index (χ2v) is 8.29. The van der Waals surface area contributed by atoms with E-state index in [-0.39, 0.29) is 5.69 Å². The van der Waals surface area contributed by atoms with Crippen LogP contribution in [0.5, 0.6) is 0 Å². The van der Waals surface area contributed by atoms with Gasteiger partial charge >= 0.3 is 6.18 Å². The van der Waals surface area contributed by atoms with Crippen molar-refractivity contribution in [1.29, 1.82) is 0 Å². The van der Waals surface area contributed by atoms with Crippen LogP contribution in [0.2, 0.25) is 0 Å². The van der Waals surface area contributed by atoms with Crippen molar-refractivity contribution in [3.8, 4) is 11.3 Å². The quantitative estimate of drug-likeness (QED) is 0.523. The fourth-order valence-corrected chi connectivity index (χ4v) is 2.79. The molecule has 1 heterocycles. The van der Waals surface area contributed by atoms with Gasteiger partial charge in [-0.2, -0.15) is 13.2 Å². The summed E-state index contributed by atoms with van der Waals surface area (Å²) in [6.07, 6.45) is -1.05. The number of halogens is 6. The summed E-state index contributed by atoms with van der Waals surface area (Å²) in [7, 11) is 0. The van der Waals surface area contributed by atoms with E-state index in [9.17, 15) is 13.2 Å². The lowest BCUT2D eigenvalue weighted by atomic mass is 10.0. The molecular weight excluding hydrogens is 505 g/mol. The van der Waals surface area contributed by atoms with Crippen molar-refractivity contribution >= 4 is 53.5 Å². The summed E-state index contributed by atoms with van der Waals surface area (Å²) in [6, 6.07) is 6.34. The minimum absolute atomic E-state index is 0.0115. The van der Waals surface area contributed by atoms with E-state index in [1.54, 1.807) is 12.1 Å². The second kappa shape index (κ2) is 7.36. The minimum Gasteiger partial charge on any atom is -0.397 e. The second-order valence-electron chi connectivity index (χ2n) is 4.66. The van der Waals surface area contributed by atoms with Crippen molar-refractivity contribution in [1.82, 2.24) is 4.98 Å². The summed E-state index contributed by atoms with van der Waals surface area (Å²) in [4.78, 5) is 3.87. The Kier molecular flexibility index (Phi) is 5.91. The van der Waals surface area contributed by atoms with E-state index in [0.717, 1.165) is 25.7 Å².